The first-order valence-corrected chi connectivity index (χ1v) is 8.95. The molecule has 0 amide bonds. The Labute approximate surface area is 151 Å². The maximum Gasteiger partial charge on any atom is 0.416 e. The molecule has 0 saturated carbocycles. The van der Waals surface area contributed by atoms with Crippen molar-refractivity contribution in [1.82, 2.24) is 0 Å². The largest absolute Gasteiger partial charge is 0.416 e. The third-order valence-corrected chi connectivity index (χ3v) is 4.99. The van der Waals surface area contributed by atoms with Crippen molar-refractivity contribution < 1.29 is 38.9 Å². The molecule has 0 spiro atoms. The van der Waals surface area contributed by atoms with E-state index in [-0.39, 0.29) is 11.0 Å². The average Bonchev–Trinajstić information content (AvgIpc) is 2.53. The van der Waals surface area contributed by atoms with Crippen LogP contribution in [0.3, 0.4) is 0 Å². The van der Waals surface area contributed by atoms with Crippen molar-refractivity contribution >= 4 is 10.1 Å². The van der Waals surface area contributed by atoms with Crippen LogP contribution in [0, 0.1) is 6.92 Å². The van der Waals surface area contributed by atoms with Gasteiger partial charge in [-0.3, -0.25) is 4.18 Å². The van der Waals surface area contributed by atoms with Crippen LogP contribution < -0.4 is 0 Å². The normalized spacial score (nSPS) is 13.0. The highest BCUT2D eigenvalue weighted by atomic mass is 32.2. The van der Waals surface area contributed by atoms with Gasteiger partial charge in [0.2, 0.25) is 0 Å². The van der Waals surface area contributed by atoms with Crippen LogP contribution in [0.4, 0.5) is 26.3 Å². The van der Waals surface area contributed by atoms with Crippen LogP contribution >= 0.6 is 0 Å². The summed E-state index contributed by atoms with van der Waals surface area (Å²) in [5.74, 6) is 0. The molecule has 0 heterocycles. The lowest BCUT2D eigenvalue weighted by molar-refractivity contribution is -0.143. The van der Waals surface area contributed by atoms with Gasteiger partial charge in [-0.05, 0) is 43.2 Å². The topological polar surface area (TPSA) is 43.4 Å². The smallest absolute Gasteiger partial charge is 0.266 e. The first-order valence-electron chi connectivity index (χ1n) is 7.54. The van der Waals surface area contributed by atoms with Crippen molar-refractivity contribution in [1.29, 1.82) is 0 Å². The molecular formula is C17H14F6O3S. The predicted octanol–water partition coefficient (Wildman–Crippen LogP) is 4.98. The van der Waals surface area contributed by atoms with Crippen molar-refractivity contribution in [3.8, 4) is 0 Å². The number of rotatable bonds is 5. The lowest BCUT2D eigenvalue weighted by atomic mass is 10.0. The maximum absolute atomic E-state index is 13.1. The highest BCUT2D eigenvalue weighted by Gasteiger charge is 2.38. The zero-order valence-electron chi connectivity index (χ0n) is 13.9. The highest BCUT2D eigenvalue weighted by molar-refractivity contribution is 7.86. The van der Waals surface area contributed by atoms with Gasteiger partial charge in [-0.15, -0.1) is 0 Å². The molecule has 0 radical (unpaired) electrons. The molecule has 148 valence electrons. The quantitative estimate of drug-likeness (QED) is 0.514. The van der Waals surface area contributed by atoms with Crippen LogP contribution in [-0.4, -0.2) is 15.0 Å². The van der Waals surface area contributed by atoms with Crippen molar-refractivity contribution in [2.75, 3.05) is 6.61 Å². The van der Waals surface area contributed by atoms with Gasteiger partial charge in [-0.25, -0.2) is 0 Å². The summed E-state index contributed by atoms with van der Waals surface area (Å²) in [5.41, 5.74) is -2.61. The molecule has 2 aromatic carbocycles. The molecule has 10 heteroatoms. The molecule has 0 unspecified atom stereocenters. The van der Waals surface area contributed by atoms with Gasteiger partial charge in [-0.2, -0.15) is 34.8 Å². The number of alkyl halides is 6. The maximum atomic E-state index is 13.1. The van der Waals surface area contributed by atoms with Crippen LogP contribution in [0.15, 0.2) is 47.4 Å². The van der Waals surface area contributed by atoms with Gasteiger partial charge in [0.05, 0.1) is 22.6 Å². The summed E-state index contributed by atoms with van der Waals surface area (Å²) in [6, 6.07) is 6.80. The molecule has 0 fully saturated rings. The molecule has 0 aliphatic rings. The van der Waals surface area contributed by atoms with Gasteiger partial charge >= 0.3 is 12.4 Å². The summed E-state index contributed by atoms with van der Waals surface area (Å²) in [7, 11) is -4.19. The molecule has 0 aliphatic heterocycles. The third-order valence-electron chi connectivity index (χ3n) is 3.66. The number of halogens is 6. The summed E-state index contributed by atoms with van der Waals surface area (Å²) >= 11 is 0. The summed E-state index contributed by atoms with van der Waals surface area (Å²) < 4.78 is 106. The van der Waals surface area contributed by atoms with Gasteiger partial charge in [-0.1, -0.05) is 23.8 Å². The SMILES string of the molecule is Cc1ccc(S(=O)(=O)OCCc2ccc(C(F)(F)F)cc2C(F)(F)F)cc1. The summed E-state index contributed by atoms with van der Waals surface area (Å²) in [6.07, 6.45) is -10.5. The number of hydrogen-bond donors (Lipinski definition) is 0. The standard InChI is InChI=1S/C17H14F6O3S/c1-11-2-6-14(7-3-11)27(24,25)26-9-8-12-4-5-13(16(18,19)20)10-15(12)17(21,22)23/h2-7,10H,8-9H2,1H3. The number of benzene rings is 2. The van der Waals surface area contributed by atoms with E-state index in [1.165, 1.54) is 24.3 Å². The van der Waals surface area contributed by atoms with Crippen molar-refractivity contribution in [3.63, 3.8) is 0 Å². The third kappa shape index (κ3) is 5.46. The van der Waals surface area contributed by atoms with Crippen LogP contribution in [0.2, 0.25) is 0 Å². The first-order chi connectivity index (χ1) is 12.3. The molecular weight excluding hydrogens is 398 g/mol. The Morgan fingerprint density at radius 3 is 2.00 bits per heavy atom. The van der Waals surface area contributed by atoms with Crippen LogP contribution in [0.1, 0.15) is 22.3 Å². The fourth-order valence-corrected chi connectivity index (χ4v) is 3.18. The molecule has 0 aliphatic carbocycles. The van der Waals surface area contributed by atoms with Gasteiger partial charge in [0, 0.05) is 0 Å². The van der Waals surface area contributed by atoms with Crippen LogP contribution in [0.25, 0.3) is 0 Å². The second-order valence-corrected chi connectivity index (χ2v) is 7.32. The first kappa shape index (κ1) is 21.2. The van der Waals surface area contributed by atoms with Crippen molar-refractivity contribution in [2.24, 2.45) is 0 Å². The summed E-state index contributed by atoms with van der Waals surface area (Å²) in [4.78, 5) is -0.170. The molecule has 2 aromatic rings. The Kier molecular flexibility index (Phi) is 5.91. The molecule has 0 aromatic heterocycles. The van der Waals surface area contributed by atoms with Crippen molar-refractivity contribution in [2.45, 2.75) is 30.6 Å². The van der Waals surface area contributed by atoms with Crippen molar-refractivity contribution in [3.05, 3.63) is 64.7 Å². The molecule has 0 saturated heterocycles. The second kappa shape index (κ2) is 7.51. The number of hydrogen-bond acceptors (Lipinski definition) is 3. The average molecular weight is 412 g/mol. The van der Waals surface area contributed by atoms with Gasteiger partial charge in [0.1, 0.15) is 0 Å². The van der Waals surface area contributed by atoms with E-state index in [4.69, 9.17) is 4.18 Å². The van der Waals surface area contributed by atoms with Gasteiger partial charge in [0.15, 0.2) is 0 Å². The minimum atomic E-state index is -5.02. The summed E-state index contributed by atoms with van der Waals surface area (Å²) in [6.45, 7) is 1.09. The molecule has 0 bridgehead atoms. The highest BCUT2D eigenvalue weighted by Crippen LogP contribution is 2.37. The Morgan fingerprint density at radius 2 is 1.48 bits per heavy atom. The fourth-order valence-electron chi connectivity index (χ4n) is 2.27. The minimum Gasteiger partial charge on any atom is -0.266 e. The zero-order valence-corrected chi connectivity index (χ0v) is 14.7. The second-order valence-electron chi connectivity index (χ2n) is 5.71. The van der Waals surface area contributed by atoms with E-state index in [0.29, 0.717) is 12.1 Å². The lowest BCUT2D eigenvalue weighted by Gasteiger charge is -2.16. The Bertz CT molecular complexity index is 900. The number of aryl methyl sites for hydroxylation is 1. The Balaban J connectivity index is 2.19. The van der Waals surface area contributed by atoms with E-state index in [2.05, 4.69) is 0 Å². The zero-order chi connectivity index (χ0) is 20.5. The monoisotopic (exact) mass is 412 g/mol. The molecule has 3 nitrogen and oxygen atoms in total. The molecule has 0 atom stereocenters. The predicted molar refractivity (Wildman–Crippen MR) is 84.5 cm³/mol. The Hall–Kier alpha value is -2.07. The van der Waals surface area contributed by atoms with E-state index in [1.807, 2.05) is 0 Å². The van der Waals surface area contributed by atoms with Gasteiger partial charge in [0.25, 0.3) is 10.1 Å². The molecule has 27 heavy (non-hydrogen) atoms. The van der Waals surface area contributed by atoms with E-state index >= 15 is 0 Å². The Morgan fingerprint density at radius 1 is 0.889 bits per heavy atom. The minimum absolute atomic E-state index is 0.00378. The van der Waals surface area contributed by atoms with E-state index in [9.17, 15) is 34.8 Å². The van der Waals surface area contributed by atoms with Crippen LogP contribution in [0.5, 0.6) is 0 Å². The lowest BCUT2D eigenvalue weighted by Crippen LogP contribution is -2.15. The summed E-state index contributed by atoms with van der Waals surface area (Å²) in [5, 5.41) is 0. The van der Waals surface area contributed by atoms with Gasteiger partial charge < -0.3 is 0 Å². The van der Waals surface area contributed by atoms with Crippen LogP contribution in [-0.2, 0) is 33.1 Å². The molecule has 0 N–H and O–H groups in total. The fraction of sp³-hybridized carbons (Fsp3) is 0.294. The molecule has 2 rings (SSSR count). The van der Waals surface area contributed by atoms with E-state index in [1.54, 1.807) is 6.92 Å². The van der Waals surface area contributed by atoms with E-state index in [0.717, 1.165) is 5.56 Å². The van der Waals surface area contributed by atoms with E-state index < -0.39 is 52.2 Å².